The molecule has 0 saturated carbocycles. The van der Waals surface area contributed by atoms with E-state index >= 15 is 0 Å². The lowest BCUT2D eigenvalue weighted by Crippen LogP contribution is -2.34. The van der Waals surface area contributed by atoms with E-state index < -0.39 is 11.1 Å². The van der Waals surface area contributed by atoms with Crippen LogP contribution >= 0.6 is 0 Å². The summed E-state index contributed by atoms with van der Waals surface area (Å²) in [5, 5.41) is 0. The molecule has 0 aromatic carbocycles. The minimum absolute atomic E-state index is 0.247. The van der Waals surface area contributed by atoms with E-state index in [1.54, 1.807) is 0 Å². The van der Waals surface area contributed by atoms with Crippen molar-refractivity contribution in [1.29, 1.82) is 0 Å². The fraction of sp³-hybridized carbons (Fsp3) is 1.00. The Bertz CT molecular complexity index is 190. The zero-order valence-electron chi connectivity index (χ0n) is 8.48. The molecule has 0 amide bonds. The third-order valence-corrected chi connectivity index (χ3v) is 3.28. The highest BCUT2D eigenvalue weighted by molar-refractivity contribution is 7.79. The van der Waals surface area contributed by atoms with Gasteiger partial charge in [0.15, 0.2) is 0 Å². The molecule has 2 N–H and O–H groups in total. The molecule has 84 valence electrons. The van der Waals surface area contributed by atoms with Crippen LogP contribution in [-0.2, 0) is 11.1 Å². The lowest BCUT2D eigenvalue weighted by molar-refractivity contribution is 0.264. The van der Waals surface area contributed by atoms with Gasteiger partial charge in [-0.05, 0) is 31.8 Å². The SMILES string of the molecule is NCC1CCCCN(CCS(=O)[O-])C1. The third kappa shape index (κ3) is 4.50. The molecule has 5 heteroatoms. The second-order valence-corrected chi connectivity index (χ2v) is 4.92. The predicted octanol–water partition coefficient (Wildman–Crippen LogP) is -0.0737. The minimum Gasteiger partial charge on any atom is -0.772 e. The number of nitrogens with zero attached hydrogens (tertiary/aromatic N) is 1. The molecule has 0 aliphatic carbocycles. The molecule has 1 fully saturated rings. The Kier molecular flexibility index (Phi) is 5.62. The van der Waals surface area contributed by atoms with E-state index in [2.05, 4.69) is 4.90 Å². The fourth-order valence-corrected chi connectivity index (χ4v) is 2.32. The Balaban J connectivity index is 2.31. The molecular weight excluding hydrogens is 200 g/mol. The number of nitrogens with two attached hydrogens (primary N) is 1. The molecule has 1 aliphatic heterocycles. The summed E-state index contributed by atoms with van der Waals surface area (Å²) in [4.78, 5) is 2.22. The maximum Gasteiger partial charge on any atom is 0.0229 e. The Morgan fingerprint density at radius 3 is 2.93 bits per heavy atom. The van der Waals surface area contributed by atoms with Gasteiger partial charge in [0.1, 0.15) is 0 Å². The van der Waals surface area contributed by atoms with Crippen molar-refractivity contribution in [3.8, 4) is 0 Å². The van der Waals surface area contributed by atoms with Crippen molar-refractivity contribution >= 4 is 11.1 Å². The monoisotopic (exact) mass is 219 g/mol. The molecule has 14 heavy (non-hydrogen) atoms. The second kappa shape index (κ2) is 6.50. The molecule has 1 saturated heterocycles. The van der Waals surface area contributed by atoms with Crippen molar-refractivity contribution in [3.05, 3.63) is 0 Å². The summed E-state index contributed by atoms with van der Waals surface area (Å²) in [6.07, 6.45) is 3.58. The van der Waals surface area contributed by atoms with E-state index in [1.165, 1.54) is 19.3 Å². The molecule has 0 aromatic rings. The summed E-state index contributed by atoms with van der Waals surface area (Å²) >= 11 is -1.91. The molecule has 1 heterocycles. The first-order valence-electron chi connectivity index (χ1n) is 5.20. The van der Waals surface area contributed by atoms with Crippen molar-refractivity contribution in [2.75, 3.05) is 31.9 Å². The normalized spacial score (nSPS) is 27.1. The van der Waals surface area contributed by atoms with Crippen LogP contribution in [-0.4, -0.2) is 45.6 Å². The van der Waals surface area contributed by atoms with Gasteiger partial charge in [0.25, 0.3) is 0 Å². The van der Waals surface area contributed by atoms with Gasteiger partial charge in [-0.2, -0.15) is 0 Å². The van der Waals surface area contributed by atoms with Gasteiger partial charge in [0.2, 0.25) is 0 Å². The maximum atomic E-state index is 10.4. The zero-order chi connectivity index (χ0) is 10.4. The number of likely N-dealkylation sites (tertiary alicyclic amines) is 1. The van der Waals surface area contributed by atoms with Crippen molar-refractivity contribution < 1.29 is 8.76 Å². The maximum absolute atomic E-state index is 10.4. The first-order chi connectivity index (χ1) is 6.72. The molecule has 1 aliphatic rings. The second-order valence-electron chi connectivity index (χ2n) is 3.91. The van der Waals surface area contributed by atoms with Gasteiger partial charge in [-0.3, -0.25) is 4.21 Å². The molecule has 1 rings (SSSR count). The van der Waals surface area contributed by atoms with E-state index in [0.29, 0.717) is 12.5 Å². The fourth-order valence-electron chi connectivity index (χ4n) is 1.92. The van der Waals surface area contributed by atoms with Crippen molar-refractivity contribution in [1.82, 2.24) is 4.90 Å². The summed E-state index contributed by atoms with van der Waals surface area (Å²) in [7, 11) is 0. The van der Waals surface area contributed by atoms with Crippen LogP contribution in [0.5, 0.6) is 0 Å². The Morgan fingerprint density at radius 1 is 1.50 bits per heavy atom. The van der Waals surface area contributed by atoms with E-state index in [1.807, 2.05) is 0 Å². The third-order valence-electron chi connectivity index (χ3n) is 2.76. The van der Waals surface area contributed by atoms with E-state index in [-0.39, 0.29) is 5.75 Å². The van der Waals surface area contributed by atoms with Crippen molar-refractivity contribution in [3.63, 3.8) is 0 Å². The van der Waals surface area contributed by atoms with Gasteiger partial charge in [-0.25, -0.2) is 0 Å². The highest BCUT2D eigenvalue weighted by Crippen LogP contribution is 2.14. The highest BCUT2D eigenvalue weighted by atomic mass is 32.2. The molecule has 0 bridgehead atoms. The van der Waals surface area contributed by atoms with Crippen LogP contribution < -0.4 is 5.73 Å². The van der Waals surface area contributed by atoms with Gasteiger partial charge in [-0.1, -0.05) is 17.5 Å². The Labute approximate surface area is 88.1 Å². The molecule has 0 aromatic heterocycles. The van der Waals surface area contributed by atoms with Gasteiger partial charge >= 0.3 is 0 Å². The van der Waals surface area contributed by atoms with Crippen LogP contribution in [0, 0.1) is 5.92 Å². The number of rotatable bonds is 4. The van der Waals surface area contributed by atoms with Crippen LogP contribution in [0.2, 0.25) is 0 Å². The van der Waals surface area contributed by atoms with E-state index in [9.17, 15) is 8.76 Å². The molecule has 2 unspecified atom stereocenters. The quantitative estimate of drug-likeness (QED) is 0.672. The summed E-state index contributed by atoms with van der Waals surface area (Å²) in [6, 6.07) is 0. The largest absolute Gasteiger partial charge is 0.772 e. The van der Waals surface area contributed by atoms with E-state index in [0.717, 1.165) is 19.6 Å². The minimum atomic E-state index is -1.91. The highest BCUT2D eigenvalue weighted by Gasteiger charge is 2.16. The average Bonchev–Trinajstić information content (AvgIpc) is 2.39. The van der Waals surface area contributed by atoms with Crippen molar-refractivity contribution in [2.24, 2.45) is 11.7 Å². The van der Waals surface area contributed by atoms with Crippen LogP contribution in [0.15, 0.2) is 0 Å². The van der Waals surface area contributed by atoms with Crippen molar-refractivity contribution in [2.45, 2.75) is 19.3 Å². The van der Waals surface area contributed by atoms with Gasteiger partial charge in [0, 0.05) is 18.8 Å². The zero-order valence-corrected chi connectivity index (χ0v) is 9.30. The summed E-state index contributed by atoms with van der Waals surface area (Å²) in [5.74, 6) is 0.801. The first kappa shape index (κ1) is 12.1. The lowest BCUT2D eigenvalue weighted by Gasteiger charge is -2.23. The smallest absolute Gasteiger partial charge is 0.0229 e. The summed E-state index contributed by atoms with van der Waals surface area (Å²) < 4.78 is 20.9. The standard InChI is InChI=1S/C9H20N2O2S/c10-7-9-3-1-2-4-11(8-9)5-6-14(12)13/h9H,1-8,10H2,(H,12,13)/p-1. The van der Waals surface area contributed by atoms with E-state index in [4.69, 9.17) is 5.73 Å². The summed E-state index contributed by atoms with van der Waals surface area (Å²) in [5.41, 5.74) is 5.64. The van der Waals surface area contributed by atoms with Gasteiger partial charge in [-0.15, -0.1) is 0 Å². The summed E-state index contributed by atoms with van der Waals surface area (Å²) in [6.45, 7) is 3.37. The van der Waals surface area contributed by atoms with Crippen LogP contribution in [0.3, 0.4) is 0 Å². The molecule has 0 radical (unpaired) electrons. The van der Waals surface area contributed by atoms with Crippen LogP contribution in [0.25, 0.3) is 0 Å². The van der Waals surface area contributed by atoms with Gasteiger partial charge < -0.3 is 15.2 Å². The average molecular weight is 219 g/mol. The number of hydrogen-bond acceptors (Lipinski definition) is 4. The van der Waals surface area contributed by atoms with Crippen LogP contribution in [0.1, 0.15) is 19.3 Å². The van der Waals surface area contributed by atoms with Crippen LogP contribution in [0.4, 0.5) is 0 Å². The molecule has 2 atom stereocenters. The molecular formula is C9H19N2O2S-. The number of hydrogen-bond donors (Lipinski definition) is 1. The predicted molar refractivity (Wildman–Crippen MR) is 56.6 cm³/mol. The molecule has 4 nitrogen and oxygen atoms in total. The lowest BCUT2D eigenvalue weighted by atomic mass is 10.0. The topological polar surface area (TPSA) is 69.4 Å². The molecule has 0 spiro atoms. The first-order valence-corrected chi connectivity index (χ1v) is 6.45. The Hall–Kier alpha value is 0.0300. The van der Waals surface area contributed by atoms with Gasteiger partial charge in [0.05, 0.1) is 0 Å². The Morgan fingerprint density at radius 2 is 2.29 bits per heavy atom.